The third-order valence-electron chi connectivity index (χ3n) is 7.53. The molecule has 36 heavy (non-hydrogen) atoms. The molecule has 2 aliphatic heterocycles. The van der Waals surface area contributed by atoms with Gasteiger partial charge in [-0.1, -0.05) is 12.1 Å². The van der Waals surface area contributed by atoms with Crippen LogP contribution in [-0.2, 0) is 16.5 Å². The van der Waals surface area contributed by atoms with Gasteiger partial charge in [0.05, 0.1) is 37.1 Å². The van der Waals surface area contributed by atoms with E-state index >= 15 is 0 Å². The van der Waals surface area contributed by atoms with E-state index in [-0.39, 0.29) is 17.8 Å². The first-order chi connectivity index (χ1) is 17.3. The summed E-state index contributed by atoms with van der Waals surface area (Å²) in [6, 6.07) is 10.2. The molecule has 1 aromatic carbocycles. The van der Waals surface area contributed by atoms with E-state index in [4.69, 9.17) is 14.5 Å². The fraction of sp³-hybridized carbons (Fsp3) is 0.481. The molecule has 0 N–H and O–H groups in total. The molecular formula is C27H32N6O3. The molecule has 9 heteroatoms. The van der Waals surface area contributed by atoms with Crippen LogP contribution in [0.25, 0.3) is 33.2 Å². The van der Waals surface area contributed by atoms with Gasteiger partial charge in [-0.2, -0.15) is 0 Å². The molecule has 9 nitrogen and oxygen atoms in total. The summed E-state index contributed by atoms with van der Waals surface area (Å²) < 4.78 is 14.8. The number of hydrogen-bond acceptors (Lipinski definition) is 7. The Bertz CT molecular complexity index is 1480. The molecule has 2 fully saturated rings. The molecule has 0 radical (unpaired) electrons. The van der Waals surface area contributed by atoms with Gasteiger partial charge in [0.1, 0.15) is 5.52 Å². The molecule has 0 unspecified atom stereocenters. The maximum atomic E-state index is 12.8. The average molecular weight is 489 g/mol. The van der Waals surface area contributed by atoms with Crippen LogP contribution in [0.5, 0.6) is 0 Å². The Morgan fingerprint density at radius 1 is 1.08 bits per heavy atom. The Morgan fingerprint density at radius 3 is 2.53 bits per heavy atom. The van der Waals surface area contributed by atoms with Crippen molar-refractivity contribution in [3.8, 4) is 11.1 Å². The molecule has 1 spiro atoms. The van der Waals surface area contributed by atoms with Crippen LogP contribution in [-0.4, -0.2) is 68.7 Å². The van der Waals surface area contributed by atoms with E-state index in [0.717, 1.165) is 66.1 Å². The number of benzene rings is 1. The van der Waals surface area contributed by atoms with Crippen molar-refractivity contribution in [2.24, 2.45) is 12.5 Å². The fourth-order valence-electron chi connectivity index (χ4n) is 5.45. The highest BCUT2D eigenvalue weighted by Gasteiger charge is 2.48. The van der Waals surface area contributed by atoms with E-state index < -0.39 is 0 Å². The van der Waals surface area contributed by atoms with Crippen molar-refractivity contribution in [2.75, 3.05) is 39.5 Å². The average Bonchev–Trinajstić information content (AvgIpc) is 3.09. The van der Waals surface area contributed by atoms with E-state index in [2.05, 4.69) is 27.2 Å². The lowest BCUT2D eigenvalue weighted by atomic mass is 9.78. The third-order valence-corrected chi connectivity index (χ3v) is 7.53. The molecule has 4 aromatic rings. The number of aryl methyl sites for hydroxylation is 1. The minimum atomic E-state index is -0.0853. The zero-order chi connectivity index (χ0) is 25.0. The maximum Gasteiger partial charge on any atom is 0.330 e. The molecule has 0 bridgehead atoms. The second-order valence-electron chi connectivity index (χ2n) is 10.6. The number of pyridine rings is 1. The highest BCUT2D eigenvalue weighted by Crippen LogP contribution is 2.37. The van der Waals surface area contributed by atoms with Gasteiger partial charge in [0, 0.05) is 55.3 Å². The fourth-order valence-corrected chi connectivity index (χ4v) is 5.45. The quantitative estimate of drug-likeness (QED) is 0.394. The minimum absolute atomic E-state index is 0.00845. The van der Waals surface area contributed by atoms with Crippen LogP contribution in [0.4, 0.5) is 0 Å². The van der Waals surface area contributed by atoms with Gasteiger partial charge in [-0.15, -0.1) is 10.2 Å². The highest BCUT2D eigenvalue weighted by atomic mass is 16.5. The zero-order valence-electron chi connectivity index (χ0n) is 21.3. The van der Waals surface area contributed by atoms with E-state index in [0.29, 0.717) is 17.7 Å². The summed E-state index contributed by atoms with van der Waals surface area (Å²) in [6.45, 7) is 11.8. The van der Waals surface area contributed by atoms with Gasteiger partial charge in [-0.25, -0.2) is 4.79 Å². The predicted octanol–water partition coefficient (Wildman–Crippen LogP) is 3.34. The number of fused-ring (bicyclic) bond motifs is 3. The molecular weight excluding hydrogens is 456 g/mol. The molecule has 0 aliphatic carbocycles. The van der Waals surface area contributed by atoms with Gasteiger partial charge < -0.3 is 9.47 Å². The van der Waals surface area contributed by atoms with E-state index in [1.807, 2.05) is 45.2 Å². The van der Waals surface area contributed by atoms with Crippen LogP contribution in [0.3, 0.4) is 0 Å². The van der Waals surface area contributed by atoms with Gasteiger partial charge >= 0.3 is 5.69 Å². The van der Waals surface area contributed by atoms with Crippen molar-refractivity contribution in [2.45, 2.75) is 32.9 Å². The van der Waals surface area contributed by atoms with Crippen LogP contribution in [0.2, 0.25) is 0 Å². The number of nitrogens with zero attached hydrogens (tertiary/aromatic N) is 6. The Morgan fingerprint density at radius 2 is 1.86 bits per heavy atom. The predicted molar refractivity (Wildman–Crippen MR) is 138 cm³/mol. The van der Waals surface area contributed by atoms with Crippen molar-refractivity contribution < 1.29 is 9.47 Å². The van der Waals surface area contributed by atoms with Crippen molar-refractivity contribution >= 4 is 22.1 Å². The summed E-state index contributed by atoms with van der Waals surface area (Å²) >= 11 is 0. The SMILES string of the molecule is CC(C)n1c(=O)n(C)c2nnc3ccc(-c4ccc([C@@H](C)OCCN5CC6(COC6)C5)nc4)cc3c21. The van der Waals surface area contributed by atoms with Crippen molar-refractivity contribution in [1.29, 1.82) is 0 Å². The third kappa shape index (κ3) is 3.82. The number of aromatic nitrogens is 5. The normalized spacial score (nSPS) is 18.1. The van der Waals surface area contributed by atoms with Crippen LogP contribution in [0.15, 0.2) is 41.3 Å². The lowest BCUT2D eigenvalue weighted by molar-refractivity contribution is -0.191. The first kappa shape index (κ1) is 23.3. The molecule has 0 amide bonds. The Hall–Kier alpha value is -3.14. The second-order valence-corrected chi connectivity index (χ2v) is 10.6. The second kappa shape index (κ2) is 8.76. The Labute approximate surface area is 209 Å². The molecule has 3 aromatic heterocycles. The van der Waals surface area contributed by atoms with Crippen LogP contribution in [0.1, 0.15) is 38.6 Å². The molecule has 188 valence electrons. The van der Waals surface area contributed by atoms with Gasteiger partial charge in [0.2, 0.25) is 0 Å². The first-order valence-corrected chi connectivity index (χ1v) is 12.6. The smallest absolute Gasteiger partial charge is 0.330 e. The Balaban J connectivity index is 1.20. The van der Waals surface area contributed by atoms with Crippen LogP contribution >= 0.6 is 0 Å². The number of rotatable bonds is 7. The lowest BCUT2D eigenvalue weighted by Crippen LogP contribution is -2.66. The molecule has 1 atom stereocenters. The van der Waals surface area contributed by atoms with Gasteiger partial charge in [0.25, 0.3) is 0 Å². The standard InChI is InChI=1S/C27H32N6O3/c1-17(2)33-24-21-11-19(5-8-23(21)29-30-25(24)31(4)26(33)34)20-6-7-22(28-12-20)18(3)36-10-9-32-13-27(14-32)15-35-16-27/h5-8,11-12,17-18H,9-10,13-16H2,1-4H3/t18-/m1/s1. The van der Waals surface area contributed by atoms with E-state index in [1.54, 1.807) is 16.2 Å². The Kier molecular flexibility index (Phi) is 5.66. The van der Waals surface area contributed by atoms with Gasteiger partial charge in [-0.3, -0.25) is 19.0 Å². The van der Waals surface area contributed by atoms with Crippen molar-refractivity contribution in [3.05, 3.63) is 52.7 Å². The molecule has 2 aliphatic rings. The monoisotopic (exact) mass is 488 g/mol. The molecule has 2 saturated heterocycles. The van der Waals surface area contributed by atoms with Gasteiger partial charge in [-0.05, 0) is 44.5 Å². The summed E-state index contributed by atoms with van der Waals surface area (Å²) in [5, 5.41) is 9.59. The number of imidazole rings is 1. The summed E-state index contributed by atoms with van der Waals surface area (Å²) in [5.41, 5.74) is 5.45. The summed E-state index contributed by atoms with van der Waals surface area (Å²) in [4.78, 5) is 20.0. The van der Waals surface area contributed by atoms with Crippen LogP contribution < -0.4 is 5.69 Å². The zero-order valence-corrected chi connectivity index (χ0v) is 21.3. The van der Waals surface area contributed by atoms with E-state index in [1.165, 1.54) is 0 Å². The van der Waals surface area contributed by atoms with Crippen molar-refractivity contribution in [1.82, 2.24) is 29.2 Å². The number of hydrogen-bond donors (Lipinski definition) is 0. The first-order valence-electron chi connectivity index (χ1n) is 12.6. The maximum absolute atomic E-state index is 12.8. The summed E-state index contributed by atoms with van der Waals surface area (Å²) in [5.74, 6) is 0. The molecule has 0 saturated carbocycles. The van der Waals surface area contributed by atoms with Crippen LogP contribution in [0, 0.1) is 5.41 Å². The van der Waals surface area contributed by atoms with Crippen molar-refractivity contribution in [3.63, 3.8) is 0 Å². The topological polar surface area (TPSA) is 87.3 Å². The van der Waals surface area contributed by atoms with E-state index in [9.17, 15) is 4.79 Å². The lowest BCUT2D eigenvalue weighted by Gasteiger charge is -2.55. The highest BCUT2D eigenvalue weighted by molar-refractivity contribution is 6.02. The summed E-state index contributed by atoms with van der Waals surface area (Å²) in [6.07, 6.45) is 1.82. The molecule has 6 rings (SSSR count). The largest absolute Gasteiger partial charge is 0.380 e. The number of likely N-dealkylation sites (tertiary alicyclic amines) is 1. The number of ether oxygens (including phenoxy) is 2. The molecule has 5 heterocycles. The van der Waals surface area contributed by atoms with Gasteiger partial charge in [0.15, 0.2) is 5.65 Å². The summed E-state index contributed by atoms with van der Waals surface area (Å²) in [7, 11) is 1.74. The minimum Gasteiger partial charge on any atom is -0.380 e.